The number of rotatable bonds is 5. The third kappa shape index (κ3) is 5.44. The van der Waals surface area contributed by atoms with Crippen LogP contribution in [0, 0.1) is 0 Å². The minimum atomic E-state index is -5.12. The van der Waals surface area contributed by atoms with Crippen molar-refractivity contribution in [2.24, 2.45) is 0 Å². The Kier molecular flexibility index (Phi) is 7.00. The molecule has 0 aromatic heterocycles. The molecule has 28 heavy (non-hydrogen) atoms. The van der Waals surface area contributed by atoms with Gasteiger partial charge in [-0.3, -0.25) is 14.4 Å². The van der Waals surface area contributed by atoms with E-state index in [2.05, 4.69) is 0 Å². The first kappa shape index (κ1) is 21.7. The Balaban J connectivity index is 2.33. The number of hydrogen-bond acceptors (Lipinski definition) is 5. The van der Waals surface area contributed by atoms with Crippen molar-refractivity contribution in [1.82, 2.24) is 10.2 Å². The lowest BCUT2D eigenvalue weighted by Gasteiger charge is -2.34. The van der Waals surface area contributed by atoms with E-state index < -0.39 is 42.3 Å². The molecule has 1 saturated heterocycles. The van der Waals surface area contributed by atoms with Gasteiger partial charge in [0, 0.05) is 20.6 Å². The first-order valence-corrected chi connectivity index (χ1v) is 8.55. The van der Waals surface area contributed by atoms with Crippen molar-refractivity contribution in [3.8, 4) is 0 Å². The zero-order chi connectivity index (χ0) is 20.9. The van der Waals surface area contributed by atoms with Gasteiger partial charge in [-0.2, -0.15) is 13.2 Å². The van der Waals surface area contributed by atoms with Crippen molar-refractivity contribution >= 4 is 17.8 Å². The second-order valence-electron chi connectivity index (χ2n) is 6.33. The molecule has 2 amide bonds. The first-order chi connectivity index (χ1) is 13.1. The Morgan fingerprint density at radius 1 is 1.21 bits per heavy atom. The maximum atomic E-state index is 12.9. The van der Waals surface area contributed by atoms with E-state index in [1.165, 1.54) is 18.9 Å². The van der Waals surface area contributed by atoms with Crippen LogP contribution in [0.3, 0.4) is 0 Å². The van der Waals surface area contributed by atoms with Crippen LogP contribution in [0.25, 0.3) is 0 Å². The maximum absolute atomic E-state index is 12.9. The van der Waals surface area contributed by atoms with Crippen molar-refractivity contribution in [1.29, 1.82) is 0 Å². The number of methoxy groups -OCH3 is 1. The largest absolute Gasteiger partial charge is 0.471 e. The average molecular weight is 402 g/mol. The molecule has 7 nitrogen and oxygen atoms in total. The van der Waals surface area contributed by atoms with Crippen LogP contribution in [0.15, 0.2) is 30.3 Å². The molecule has 1 fully saturated rings. The molecule has 0 aliphatic carbocycles. The minimum absolute atomic E-state index is 0.00827. The summed E-state index contributed by atoms with van der Waals surface area (Å²) in [6.07, 6.45) is -7.11. The number of amides is 2. The van der Waals surface area contributed by atoms with Crippen LogP contribution in [0.2, 0.25) is 0 Å². The lowest BCUT2D eigenvalue weighted by atomic mass is 10.1. The second-order valence-corrected chi connectivity index (χ2v) is 6.33. The Bertz CT molecular complexity index is 711. The summed E-state index contributed by atoms with van der Waals surface area (Å²) in [5.74, 6) is -3.56. The summed E-state index contributed by atoms with van der Waals surface area (Å²) in [5.41, 5.74) is 0.697. The van der Waals surface area contributed by atoms with E-state index in [0.29, 0.717) is 5.56 Å². The van der Waals surface area contributed by atoms with Crippen LogP contribution >= 0.6 is 0 Å². The highest BCUT2D eigenvalue weighted by atomic mass is 19.4. The lowest BCUT2D eigenvalue weighted by molar-refractivity contribution is -0.177. The molecular formula is C18H21F3N2O5. The van der Waals surface area contributed by atoms with Gasteiger partial charge in [0.05, 0.1) is 0 Å². The summed E-state index contributed by atoms with van der Waals surface area (Å²) in [4.78, 5) is 36.9. The zero-order valence-corrected chi connectivity index (χ0v) is 15.4. The molecule has 2 rings (SSSR count). The molecule has 1 aromatic carbocycles. The minimum Gasteiger partial charge on any atom is -0.458 e. The van der Waals surface area contributed by atoms with Crippen LogP contribution in [0.5, 0.6) is 0 Å². The molecule has 0 radical (unpaired) electrons. The Hall–Kier alpha value is -2.62. The van der Waals surface area contributed by atoms with Crippen LogP contribution in [0.4, 0.5) is 13.2 Å². The number of esters is 1. The predicted molar refractivity (Wildman–Crippen MR) is 90.6 cm³/mol. The third-order valence-corrected chi connectivity index (χ3v) is 4.26. The van der Waals surface area contributed by atoms with Gasteiger partial charge in [-0.05, 0) is 18.4 Å². The molecule has 0 bridgehead atoms. The molecule has 0 saturated carbocycles. The molecule has 10 heteroatoms. The summed E-state index contributed by atoms with van der Waals surface area (Å²) in [6.45, 7) is 1.19. The number of ether oxygens (including phenoxy) is 2. The van der Waals surface area contributed by atoms with Crippen LogP contribution < -0.4 is 5.32 Å². The van der Waals surface area contributed by atoms with Crippen molar-refractivity contribution in [3.63, 3.8) is 0 Å². The van der Waals surface area contributed by atoms with Gasteiger partial charge >= 0.3 is 18.1 Å². The number of hydrogen-bond donors (Lipinski definition) is 1. The highest BCUT2D eigenvalue weighted by Crippen LogP contribution is 2.25. The van der Waals surface area contributed by atoms with E-state index in [0.717, 1.165) is 0 Å². The van der Waals surface area contributed by atoms with E-state index in [1.54, 1.807) is 35.6 Å². The van der Waals surface area contributed by atoms with E-state index >= 15 is 0 Å². The summed E-state index contributed by atoms with van der Waals surface area (Å²) in [6, 6.07) is 7.30. The molecule has 154 valence electrons. The number of alkyl halides is 3. The van der Waals surface area contributed by atoms with Gasteiger partial charge in [0.15, 0.2) is 6.23 Å². The molecule has 1 N–H and O–H groups in total. The van der Waals surface area contributed by atoms with Gasteiger partial charge in [-0.1, -0.05) is 30.3 Å². The van der Waals surface area contributed by atoms with E-state index in [9.17, 15) is 27.6 Å². The molecule has 3 atom stereocenters. The summed E-state index contributed by atoms with van der Waals surface area (Å²) < 4.78 is 48.5. The zero-order valence-electron chi connectivity index (χ0n) is 15.4. The summed E-state index contributed by atoms with van der Waals surface area (Å²) in [5, 5.41) is 1.73. The van der Waals surface area contributed by atoms with Crippen molar-refractivity contribution in [2.45, 2.75) is 50.9 Å². The first-order valence-electron chi connectivity index (χ1n) is 8.55. The predicted octanol–water partition coefficient (Wildman–Crippen LogP) is 1.76. The number of carbonyl (C=O) groups excluding carboxylic acids is 3. The Labute approximate surface area is 159 Å². The number of carbonyl (C=O) groups is 3. The fraction of sp³-hybridized carbons (Fsp3) is 0.500. The SMILES string of the molecule is CO[C@H]1[C@H](OC(C)=O)CC[C@H](NC(=O)C(F)(F)F)C(=O)N1Cc1ccccc1. The van der Waals surface area contributed by atoms with E-state index in [-0.39, 0.29) is 19.4 Å². The molecule has 1 aromatic rings. The number of benzene rings is 1. The molecule has 1 aliphatic heterocycles. The number of nitrogens with one attached hydrogen (secondary N) is 1. The van der Waals surface area contributed by atoms with Crippen molar-refractivity contribution in [2.75, 3.05) is 7.11 Å². The Morgan fingerprint density at radius 3 is 2.39 bits per heavy atom. The van der Waals surface area contributed by atoms with Crippen LogP contribution in [-0.2, 0) is 30.4 Å². The standard InChI is InChI=1S/C18H21F3N2O5/c1-11(24)28-14-9-8-13(22-17(26)18(19,20)21)15(25)23(16(14)27-2)10-12-6-4-3-5-7-12/h3-7,13-14,16H,8-10H2,1-2H3,(H,22,26)/t13-,14+,16-/m0/s1. The summed E-state index contributed by atoms with van der Waals surface area (Å²) >= 11 is 0. The van der Waals surface area contributed by atoms with Gasteiger partial charge in [-0.15, -0.1) is 0 Å². The smallest absolute Gasteiger partial charge is 0.458 e. The topological polar surface area (TPSA) is 84.9 Å². The van der Waals surface area contributed by atoms with Gasteiger partial charge in [0.25, 0.3) is 0 Å². The van der Waals surface area contributed by atoms with Crippen LogP contribution in [-0.4, -0.2) is 54.3 Å². The fourth-order valence-electron chi connectivity index (χ4n) is 3.05. The van der Waals surface area contributed by atoms with Gasteiger partial charge in [0.2, 0.25) is 5.91 Å². The summed E-state index contributed by atoms with van der Waals surface area (Å²) in [7, 11) is 1.31. The van der Waals surface area contributed by atoms with Crippen molar-refractivity contribution < 1.29 is 37.0 Å². The lowest BCUT2D eigenvalue weighted by Crippen LogP contribution is -2.54. The molecule has 0 unspecified atom stereocenters. The van der Waals surface area contributed by atoms with Crippen molar-refractivity contribution in [3.05, 3.63) is 35.9 Å². The average Bonchev–Trinajstić information content (AvgIpc) is 2.73. The highest BCUT2D eigenvalue weighted by molar-refractivity contribution is 5.90. The van der Waals surface area contributed by atoms with Gasteiger partial charge in [0.1, 0.15) is 12.1 Å². The third-order valence-electron chi connectivity index (χ3n) is 4.26. The molecular weight excluding hydrogens is 381 g/mol. The van der Waals surface area contributed by atoms with E-state index in [1.807, 2.05) is 0 Å². The van der Waals surface area contributed by atoms with E-state index in [4.69, 9.17) is 9.47 Å². The monoisotopic (exact) mass is 402 g/mol. The quantitative estimate of drug-likeness (QED) is 0.759. The van der Waals surface area contributed by atoms with Gasteiger partial charge in [-0.25, -0.2) is 0 Å². The van der Waals surface area contributed by atoms with Crippen LogP contribution in [0.1, 0.15) is 25.3 Å². The highest BCUT2D eigenvalue weighted by Gasteiger charge is 2.45. The number of likely N-dealkylation sites (tertiary alicyclic amines) is 1. The van der Waals surface area contributed by atoms with Gasteiger partial charge < -0.3 is 19.7 Å². The molecule has 0 spiro atoms. The Morgan fingerprint density at radius 2 is 1.86 bits per heavy atom. The molecule has 1 heterocycles. The molecule has 1 aliphatic rings. The maximum Gasteiger partial charge on any atom is 0.471 e. The second kappa shape index (κ2) is 9.05. The fourth-order valence-corrected chi connectivity index (χ4v) is 3.05. The number of nitrogens with zero attached hydrogens (tertiary/aromatic N) is 1. The number of halogens is 3. The normalized spacial score (nSPS) is 23.1.